The molecule has 4 rings (SSSR count). The molecule has 0 atom stereocenters. The van der Waals surface area contributed by atoms with Crippen LogP contribution in [0.2, 0.25) is 0 Å². The zero-order valence-electron chi connectivity index (χ0n) is 18.5. The van der Waals surface area contributed by atoms with Crippen molar-refractivity contribution in [2.45, 2.75) is 13.8 Å². The Kier molecular flexibility index (Phi) is 6.23. The second kappa shape index (κ2) is 9.40. The van der Waals surface area contributed by atoms with Crippen LogP contribution in [-0.4, -0.2) is 10.1 Å². The van der Waals surface area contributed by atoms with E-state index in [0.717, 1.165) is 38.9 Å². The van der Waals surface area contributed by atoms with Crippen molar-refractivity contribution in [1.29, 1.82) is 0 Å². The number of para-hydroxylation sites is 1. The number of hydrogen-bond acceptors (Lipinski definition) is 1. The first-order valence-electron chi connectivity index (χ1n) is 10.7. The molecule has 0 aliphatic heterocycles. The molecule has 0 aliphatic carbocycles. The minimum atomic E-state index is 0.227. The first-order chi connectivity index (χ1) is 15.5. The topological polar surface area (TPSA) is 36.0 Å². The summed E-state index contributed by atoms with van der Waals surface area (Å²) < 4.78 is 0. The van der Waals surface area contributed by atoms with Crippen molar-refractivity contribution in [2.75, 3.05) is 0 Å². The third-order valence-corrected chi connectivity index (χ3v) is 5.46. The van der Waals surface area contributed by atoms with Crippen molar-refractivity contribution >= 4 is 28.3 Å². The monoisotopic (exact) mass is 417 g/mol. The number of benzene rings is 3. The maximum atomic E-state index is 10.8. The van der Waals surface area contributed by atoms with Crippen LogP contribution in [-0.2, 0) is 0 Å². The molecule has 1 aromatic heterocycles. The van der Waals surface area contributed by atoms with Gasteiger partial charge in [-0.1, -0.05) is 96.6 Å². The van der Waals surface area contributed by atoms with E-state index >= 15 is 0 Å². The SMILES string of the molecule is C=C(/C=C/c1c[nH]c2ccccc12)/C=C(\C=C(/O)c1ccc(C)cc1)c1ccc(C)cc1. The van der Waals surface area contributed by atoms with Crippen LogP contribution in [0, 0.1) is 13.8 Å². The molecule has 158 valence electrons. The molecular formula is C30H27NO. The lowest BCUT2D eigenvalue weighted by molar-refractivity contribution is 0.512. The Bertz CT molecular complexity index is 1330. The van der Waals surface area contributed by atoms with Gasteiger partial charge in [-0.05, 0) is 54.3 Å². The van der Waals surface area contributed by atoms with Gasteiger partial charge in [0.2, 0.25) is 0 Å². The van der Waals surface area contributed by atoms with Crippen LogP contribution in [0.4, 0.5) is 0 Å². The molecule has 4 aromatic rings. The van der Waals surface area contributed by atoms with Gasteiger partial charge >= 0.3 is 0 Å². The van der Waals surface area contributed by atoms with E-state index in [1.54, 1.807) is 6.08 Å². The lowest BCUT2D eigenvalue weighted by Gasteiger charge is -2.07. The van der Waals surface area contributed by atoms with Crippen molar-refractivity contribution < 1.29 is 5.11 Å². The first kappa shape index (κ1) is 21.2. The molecule has 0 unspecified atom stereocenters. The molecule has 32 heavy (non-hydrogen) atoms. The predicted octanol–water partition coefficient (Wildman–Crippen LogP) is 8.04. The molecule has 0 saturated carbocycles. The summed E-state index contributed by atoms with van der Waals surface area (Å²) in [4.78, 5) is 3.29. The molecule has 2 N–H and O–H groups in total. The zero-order valence-corrected chi connectivity index (χ0v) is 18.5. The Morgan fingerprint density at radius 2 is 1.44 bits per heavy atom. The summed E-state index contributed by atoms with van der Waals surface area (Å²) in [5.74, 6) is 0.227. The van der Waals surface area contributed by atoms with Crippen LogP contribution in [0.15, 0.2) is 109 Å². The Balaban J connectivity index is 1.67. The maximum Gasteiger partial charge on any atom is 0.123 e. The third kappa shape index (κ3) is 4.98. The molecular weight excluding hydrogens is 390 g/mol. The number of aromatic nitrogens is 1. The zero-order chi connectivity index (χ0) is 22.5. The van der Waals surface area contributed by atoms with Crippen LogP contribution >= 0.6 is 0 Å². The average Bonchev–Trinajstić information content (AvgIpc) is 3.21. The van der Waals surface area contributed by atoms with E-state index in [2.05, 4.69) is 61.0 Å². The molecule has 0 fully saturated rings. The molecule has 0 aliphatic rings. The van der Waals surface area contributed by atoms with E-state index in [4.69, 9.17) is 0 Å². The number of hydrogen-bond donors (Lipinski definition) is 2. The fourth-order valence-electron chi connectivity index (χ4n) is 3.59. The summed E-state index contributed by atoms with van der Waals surface area (Å²) in [6.07, 6.45) is 9.87. The summed E-state index contributed by atoms with van der Waals surface area (Å²) in [6.45, 7) is 8.32. The van der Waals surface area contributed by atoms with Gasteiger partial charge in [-0.15, -0.1) is 0 Å². The van der Waals surface area contributed by atoms with Crippen molar-refractivity contribution in [1.82, 2.24) is 4.98 Å². The van der Waals surface area contributed by atoms with Crippen LogP contribution in [0.1, 0.15) is 27.8 Å². The molecule has 3 aromatic carbocycles. The van der Waals surface area contributed by atoms with Crippen molar-refractivity contribution in [3.05, 3.63) is 137 Å². The van der Waals surface area contributed by atoms with Crippen LogP contribution in [0.5, 0.6) is 0 Å². The lowest BCUT2D eigenvalue weighted by Crippen LogP contribution is -1.88. The van der Waals surface area contributed by atoms with Gasteiger partial charge in [0.15, 0.2) is 0 Å². The third-order valence-electron chi connectivity index (χ3n) is 5.46. The van der Waals surface area contributed by atoms with E-state index < -0.39 is 0 Å². The van der Waals surface area contributed by atoms with Crippen molar-refractivity contribution in [3.63, 3.8) is 0 Å². The number of aliphatic hydroxyl groups is 1. The van der Waals surface area contributed by atoms with Crippen molar-refractivity contribution in [3.8, 4) is 0 Å². The fraction of sp³-hybridized carbons (Fsp3) is 0.0667. The summed E-state index contributed by atoms with van der Waals surface area (Å²) in [7, 11) is 0. The molecule has 1 heterocycles. The van der Waals surface area contributed by atoms with Crippen LogP contribution < -0.4 is 0 Å². The minimum Gasteiger partial charge on any atom is -0.507 e. The number of aromatic amines is 1. The van der Waals surface area contributed by atoms with Gasteiger partial charge in [-0.3, -0.25) is 0 Å². The van der Waals surface area contributed by atoms with Gasteiger partial charge in [0.25, 0.3) is 0 Å². The number of fused-ring (bicyclic) bond motifs is 1. The molecule has 0 amide bonds. The quantitative estimate of drug-likeness (QED) is 0.242. The number of rotatable bonds is 6. The Morgan fingerprint density at radius 1 is 0.812 bits per heavy atom. The van der Waals surface area contributed by atoms with E-state index in [0.29, 0.717) is 0 Å². The Hall–Kier alpha value is -4.04. The second-order valence-electron chi connectivity index (χ2n) is 8.06. The Labute approximate surface area is 189 Å². The summed E-state index contributed by atoms with van der Waals surface area (Å²) in [6, 6.07) is 24.4. The maximum absolute atomic E-state index is 10.8. The normalized spacial score (nSPS) is 12.6. The highest BCUT2D eigenvalue weighted by Gasteiger charge is 2.05. The van der Waals surface area contributed by atoms with Crippen LogP contribution in [0.25, 0.3) is 28.3 Å². The average molecular weight is 418 g/mol. The molecule has 2 heteroatoms. The van der Waals surface area contributed by atoms with Gasteiger partial charge < -0.3 is 10.1 Å². The highest BCUT2D eigenvalue weighted by Crippen LogP contribution is 2.25. The molecule has 0 spiro atoms. The van der Waals surface area contributed by atoms with Gasteiger partial charge in [-0.2, -0.15) is 0 Å². The molecule has 0 saturated heterocycles. The number of aryl methyl sites for hydroxylation is 2. The second-order valence-corrected chi connectivity index (χ2v) is 8.06. The Morgan fingerprint density at radius 3 is 2.12 bits per heavy atom. The van der Waals surface area contributed by atoms with E-state index in [9.17, 15) is 5.11 Å². The number of H-pyrrole nitrogens is 1. The molecule has 2 nitrogen and oxygen atoms in total. The van der Waals surface area contributed by atoms with Gasteiger partial charge in [0.1, 0.15) is 5.76 Å². The largest absolute Gasteiger partial charge is 0.507 e. The smallest absolute Gasteiger partial charge is 0.123 e. The van der Waals surface area contributed by atoms with Crippen LogP contribution in [0.3, 0.4) is 0 Å². The minimum absolute atomic E-state index is 0.227. The number of allylic oxidation sites excluding steroid dienone is 5. The van der Waals surface area contributed by atoms with E-state index in [-0.39, 0.29) is 5.76 Å². The summed E-state index contributed by atoms with van der Waals surface area (Å²) in [5.41, 5.74) is 8.13. The summed E-state index contributed by atoms with van der Waals surface area (Å²) >= 11 is 0. The number of aliphatic hydroxyl groups excluding tert-OH is 1. The fourth-order valence-corrected chi connectivity index (χ4v) is 3.59. The van der Waals surface area contributed by atoms with Gasteiger partial charge in [0.05, 0.1) is 0 Å². The number of nitrogens with one attached hydrogen (secondary N) is 1. The lowest BCUT2D eigenvalue weighted by atomic mass is 9.99. The van der Waals surface area contributed by atoms with Gasteiger partial charge in [-0.25, -0.2) is 0 Å². The summed E-state index contributed by atoms with van der Waals surface area (Å²) in [5, 5.41) is 12.0. The van der Waals surface area contributed by atoms with E-state index in [1.807, 2.05) is 61.7 Å². The predicted molar refractivity (Wildman–Crippen MR) is 137 cm³/mol. The highest BCUT2D eigenvalue weighted by atomic mass is 16.3. The molecule has 0 bridgehead atoms. The van der Waals surface area contributed by atoms with Crippen molar-refractivity contribution in [2.24, 2.45) is 0 Å². The standard InChI is InChI=1S/C30H27NO/c1-21-8-13-24(14-9-21)27(19-30(32)25-15-10-22(2)11-16-25)18-23(3)12-17-26-20-31-29-7-5-4-6-28(26)29/h4-20,31-32H,3H2,1-2H3/b17-12+,27-18+,30-19-. The van der Waals surface area contributed by atoms with Gasteiger partial charge in [0, 0.05) is 22.7 Å². The highest BCUT2D eigenvalue weighted by molar-refractivity contribution is 5.89. The molecule has 0 radical (unpaired) electrons. The first-order valence-corrected chi connectivity index (χ1v) is 10.7. The van der Waals surface area contributed by atoms with E-state index in [1.165, 1.54) is 10.9 Å².